The molecule has 0 spiro atoms. The quantitative estimate of drug-likeness (QED) is 0.517. The van der Waals surface area contributed by atoms with Crippen LogP contribution < -0.4 is 0 Å². The Morgan fingerprint density at radius 3 is 3.00 bits per heavy atom. The SMILES string of the molecule is Fc1ccccc1Cc1noc(CN2CCC[C@@H]2c2nc3ccc(Cl)cc3[nH]2)n1. The van der Waals surface area contributed by atoms with E-state index in [1.165, 1.54) is 6.07 Å². The zero-order valence-corrected chi connectivity index (χ0v) is 16.4. The maximum atomic E-state index is 13.8. The standard InChI is InChI=1S/C21H19ClFN5O/c22-14-7-8-16-17(11-14)25-21(24-16)18-6-3-9-28(18)12-20-26-19(27-29-20)10-13-4-1-2-5-15(13)23/h1-2,4-5,7-8,11,18H,3,6,9-10,12H2,(H,24,25)/t18-/m1/s1. The van der Waals surface area contributed by atoms with Crippen molar-refractivity contribution in [3.8, 4) is 0 Å². The third-order valence-electron chi connectivity index (χ3n) is 5.30. The maximum Gasteiger partial charge on any atom is 0.240 e. The summed E-state index contributed by atoms with van der Waals surface area (Å²) in [5, 5.41) is 4.70. The van der Waals surface area contributed by atoms with Gasteiger partial charge in [-0.25, -0.2) is 9.37 Å². The van der Waals surface area contributed by atoms with Crippen LogP contribution in [0.4, 0.5) is 4.39 Å². The summed E-state index contributed by atoms with van der Waals surface area (Å²) in [6, 6.07) is 12.4. The van der Waals surface area contributed by atoms with E-state index in [1.807, 2.05) is 18.2 Å². The minimum absolute atomic E-state index is 0.156. The van der Waals surface area contributed by atoms with Gasteiger partial charge in [-0.1, -0.05) is 35.0 Å². The van der Waals surface area contributed by atoms with Crippen molar-refractivity contribution in [2.75, 3.05) is 6.54 Å². The topological polar surface area (TPSA) is 70.8 Å². The second-order valence-electron chi connectivity index (χ2n) is 7.28. The lowest BCUT2D eigenvalue weighted by atomic mass is 10.1. The van der Waals surface area contributed by atoms with Crippen molar-refractivity contribution in [1.29, 1.82) is 0 Å². The first kappa shape index (κ1) is 18.3. The number of nitrogens with one attached hydrogen (secondary N) is 1. The summed E-state index contributed by atoms with van der Waals surface area (Å²) in [4.78, 5) is 14.9. The maximum absolute atomic E-state index is 13.8. The number of hydrogen-bond donors (Lipinski definition) is 1. The molecule has 1 aliphatic rings. The predicted octanol–water partition coefficient (Wildman–Crippen LogP) is 4.67. The minimum atomic E-state index is -0.261. The van der Waals surface area contributed by atoms with Crippen LogP contribution in [0, 0.1) is 5.82 Å². The molecule has 0 unspecified atom stereocenters. The van der Waals surface area contributed by atoms with Crippen LogP contribution >= 0.6 is 11.6 Å². The van der Waals surface area contributed by atoms with Crippen molar-refractivity contribution in [1.82, 2.24) is 25.0 Å². The molecule has 148 valence electrons. The van der Waals surface area contributed by atoms with Gasteiger partial charge in [0.15, 0.2) is 5.82 Å². The van der Waals surface area contributed by atoms with Crippen LogP contribution in [-0.4, -0.2) is 31.6 Å². The molecular formula is C21H19ClFN5O. The van der Waals surface area contributed by atoms with Gasteiger partial charge in [-0.15, -0.1) is 0 Å². The molecule has 2 aromatic carbocycles. The number of fused-ring (bicyclic) bond motifs is 1. The number of hydrogen-bond acceptors (Lipinski definition) is 5. The Morgan fingerprint density at radius 1 is 1.21 bits per heavy atom. The van der Waals surface area contributed by atoms with Gasteiger partial charge in [0.25, 0.3) is 0 Å². The molecule has 1 aliphatic heterocycles. The fourth-order valence-corrected chi connectivity index (χ4v) is 4.07. The third-order valence-corrected chi connectivity index (χ3v) is 5.53. The van der Waals surface area contributed by atoms with E-state index in [-0.39, 0.29) is 11.9 Å². The van der Waals surface area contributed by atoms with Crippen LogP contribution in [0.2, 0.25) is 5.02 Å². The highest BCUT2D eigenvalue weighted by Crippen LogP contribution is 2.33. The summed E-state index contributed by atoms with van der Waals surface area (Å²) in [5.41, 5.74) is 2.39. The van der Waals surface area contributed by atoms with Gasteiger partial charge < -0.3 is 9.51 Å². The molecule has 3 heterocycles. The first-order valence-electron chi connectivity index (χ1n) is 9.60. The summed E-state index contributed by atoms with van der Waals surface area (Å²) < 4.78 is 19.3. The predicted molar refractivity (Wildman–Crippen MR) is 107 cm³/mol. The van der Waals surface area contributed by atoms with Crippen LogP contribution in [0.3, 0.4) is 0 Å². The van der Waals surface area contributed by atoms with Crippen LogP contribution in [0.5, 0.6) is 0 Å². The Balaban J connectivity index is 1.32. The summed E-state index contributed by atoms with van der Waals surface area (Å²) in [6.07, 6.45) is 2.38. The molecule has 1 atom stereocenters. The van der Waals surface area contributed by atoms with Crippen molar-refractivity contribution < 1.29 is 8.91 Å². The fourth-order valence-electron chi connectivity index (χ4n) is 3.90. The highest BCUT2D eigenvalue weighted by Gasteiger charge is 2.30. The molecule has 0 saturated carbocycles. The van der Waals surface area contributed by atoms with Crippen molar-refractivity contribution >= 4 is 22.6 Å². The van der Waals surface area contributed by atoms with E-state index in [9.17, 15) is 4.39 Å². The lowest BCUT2D eigenvalue weighted by molar-refractivity contribution is 0.207. The number of imidazole rings is 1. The first-order valence-corrected chi connectivity index (χ1v) is 9.97. The summed E-state index contributed by atoms with van der Waals surface area (Å²) >= 11 is 6.08. The van der Waals surface area contributed by atoms with Crippen molar-refractivity contribution in [3.05, 3.63) is 76.4 Å². The number of halogens is 2. The normalized spacial score (nSPS) is 17.4. The zero-order valence-electron chi connectivity index (χ0n) is 15.6. The number of aromatic nitrogens is 4. The largest absolute Gasteiger partial charge is 0.341 e. The monoisotopic (exact) mass is 411 g/mol. The van der Waals surface area contributed by atoms with Gasteiger partial charge in [-0.05, 0) is 49.2 Å². The number of rotatable bonds is 5. The van der Waals surface area contributed by atoms with Crippen LogP contribution in [0.25, 0.3) is 11.0 Å². The molecule has 4 aromatic rings. The number of nitrogens with zero attached hydrogens (tertiary/aromatic N) is 4. The van der Waals surface area contributed by atoms with Gasteiger partial charge in [-0.3, -0.25) is 4.90 Å². The molecule has 29 heavy (non-hydrogen) atoms. The minimum Gasteiger partial charge on any atom is -0.341 e. The van der Waals surface area contributed by atoms with Gasteiger partial charge >= 0.3 is 0 Å². The number of benzene rings is 2. The van der Waals surface area contributed by atoms with E-state index in [1.54, 1.807) is 18.2 Å². The first-order chi connectivity index (χ1) is 14.2. The van der Waals surface area contributed by atoms with Crippen molar-refractivity contribution in [2.45, 2.75) is 31.8 Å². The van der Waals surface area contributed by atoms with Gasteiger partial charge in [0, 0.05) is 11.4 Å². The number of H-pyrrole nitrogens is 1. The lowest BCUT2D eigenvalue weighted by Crippen LogP contribution is -2.23. The Morgan fingerprint density at radius 2 is 2.10 bits per heavy atom. The molecule has 0 bridgehead atoms. The van der Waals surface area contributed by atoms with E-state index < -0.39 is 0 Å². The lowest BCUT2D eigenvalue weighted by Gasteiger charge is -2.20. The smallest absolute Gasteiger partial charge is 0.240 e. The Labute approximate surface area is 171 Å². The molecule has 5 rings (SSSR count). The Kier molecular flexibility index (Phi) is 4.77. The zero-order chi connectivity index (χ0) is 19.8. The summed E-state index contributed by atoms with van der Waals surface area (Å²) in [6.45, 7) is 1.46. The van der Waals surface area contributed by atoms with Crippen LogP contribution in [0.15, 0.2) is 47.0 Å². The van der Waals surface area contributed by atoms with E-state index in [0.717, 1.165) is 36.2 Å². The number of likely N-dealkylation sites (tertiary alicyclic amines) is 1. The molecule has 0 amide bonds. The van der Waals surface area contributed by atoms with Crippen molar-refractivity contribution in [3.63, 3.8) is 0 Å². The van der Waals surface area contributed by atoms with E-state index in [0.29, 0.717) is 35.3 Å². The average Bonchev–Trinajstić information content (AvgIpc) is 3.43. The molecule has 1 saturated heterocycles. The van der Waals surface area contributed by atoms with Gasteiger partial charge in [0.2, 0.25) is 5.89 Å². The second kappa shape index (κ2) is 7.57. The van der Waals surface area contributed by atoms with Gasteiger partial charge in [0.05, 0.1) is 23.6 Å². The highest BCUT2D eigenvalue weighted by atomic mass is 35.5. The summed E-state index contributed by atoms with van der Waals surface area (Å²) in [5.74, 6) is 1.68. The molecule has 2 aromatic heterocycles. The summed E-state index contributed by atoms with van der Waals surface area (Å²) in [7, 11) is 0. The van der Waals surface area contributed by atoms with E-state index in [2.05, 4.69) is 20.0 Å². The fraction of sp³-hybridized carbons (Fsp3) is 0.286. The molecule has 1 fully saturated rings. The molecule has 0 radical (unpaired) electrons. The van der Waals surface area contributed by atoms with Gasteiger partial charge in [-0.2, -0.15) is 4.98 Å². The van der Waals surface area contributed by atoms with Crippen LogP contribution in [-0.2, 0) is 13.0 Å². The van der Waals surface area contributed by atoms with E-state index >= 15 is 0 Å². The third kappa shape index (κ3) is 3.75. The molecule has 1 N–H and O–H groups in total. The average molecular weight is 412 g/mol. The Bertz CT molecular complexity index is 1160. The van der Waals surface area contributed by atoms with E-state index in [4.69, 9.17) is 21.1 Å². The number of aromatic amines is 1. The Hall–Kier alpha value is -2.77. The van der Waals surface area contributed by atoms with Crippen molar-refractivity contribution in [2.24, 2.45) is 0 Å². The molecular weight excluding hydrogens is 393 g/mol. The molecule has 8 heteroatoms. The van der Waals surface area contributed by atoms with Gasteiger partial charge in [0.1, 0.15) is 11.6 Å². The molecule has 0 aliphatic carbocycles. The second-order valence-corrected chi connectivity index (χ2v) is 7.72. The highest BCUT2D eigenvalue weighted by molar-refractivity contribution is 6.31. The molecule has 6 nitrogen and oxygen atoms in total. The van der Waals surface area contributed by atoms with Crippen LogP contribution in [0.1, 0.15) is 42.0 Å².